The molecule has 0 aromatic heterocycles. The van der Waals surface area contributed by atoms with Gasteiger partial charge in [0.05, 0.1) is 25.1 Å². The number of benzene rings is 1. The highest BCUT2D eigenvalue weighted by atomic mass is 16.6. The van der Waals surface area contributed by atoms with Crippen LogP contribution >= 0.6 is 0 Å². The molecule has 1 rings (SSSR count). The molecule has 0 N–H and O–H groups in total. The predicted molar refractivity (Wildman–Crippen MR) is 77.2 cm³/mol. The van der Waals surface area contributed by atoms with Gasteiger partial charge in [-0.1, -0.05) is 0 Å². The molecule has 0 aliphatic carbocycles. The second-order valence-corrected chi connectivity index (χ2v) is 4.55. The van der Waals surface area contributed by atoms with Crippen molar-refractivity contribution in [3.8, 4) is 5.75 Å². The Morgan fingerprint density at radius 1 is 1.43 bits per heavy atom. The molecule has 0 aliphatic rings. The molecule has 1 aromatic rings. The molecule has 7 nitrogen and oxygen atoms in total. The average Bonchev–Trinajstić information content (AvgIpc) is 2.45. The number of esters is 1. The van der Waals surface area contributed by atoms with Crippen LogP contribution in [0.1, 0.15) is 18.9 Å². The molecule has 7 heteroatoms. The van der Waals surface area contributed by atoms with Gasteiger partial charge >= 0.3 is 5.97 Å². The Labute approximate surface area is 123 Å². The van der Waals surface area contributed by atoms with E-state index in [9.17, 15) is 14.9 Å². The van der Waals surface area contributed by atoms with Gasteiger partial charge in [-0.05, 0) is 20.0 Å². The number of nitro benzene ring substituents is 1. The zero-order chi connectivity index (χ0) is 15.8. The lowest BCUT2D eigenvalue weighted by atomic mass is 10.1. The van der Waals surface area contributed by atoms with Gasteiger partial charge in [0.25, 0.3) is 5.69 Å². The minimum atomic E-state index is -0.443. The van der Waals surface area contributed by atoms with Crippen molar-refractivity contribution in [1.82, 2.24) is 4.90 Å². The topological polar surface area (TPSA) is 81.9 Å². The molecule has 0 radical (unpaired) electrons. The molecular formula is C14H20N2O5. The van der Waals surface area contributed by atoms with E-state index in [4.69, 9.17) is 9.47 Å². The van der Waals surface area contributed by atoms with Crippen molar-refractivity contribution in [2.75, 3.05) is 27.3 Å². The van der Waals surface area contributed by atoms with E-state index >= 15 is 0 Å². The number of hydrogen-bond acceptors (Lipinski definition) is 6. The number of non-ortho nitro benzene ring substituents is 1. The van der Waals surface area contributed by atoms with Gasteiger partial charge < -0.3 is 14.4 Å². The first kappa shape index (κ1) is 16.9. The van der Waals surface area contributed by atoms with Crippen molar-refractivity contribution in [1.29, 1.82) is 0 Å². The number of ether oxygens (including phenoxy) is 2. The first-order valence-corrected chi connectivity index (χ1v) is 6.63. The van der Waals surface area contributed by atoms with Gasteiger partial charge in [-0.15, -0.1) is 0 Å². The van der Waals surface area contributed by atoms with E-state index in [0.717, 1.165) is 0 Å². The van der Waals surface area contributed by atoms with Crippen LogP contribution in [0.4, 0.5) is 5.69 Å². The summed E-state index contributed by atoms with van der Waals surface area (Å²) >= 11 is 0. The number of nitrogens with zero attached hydrogens (tertiary/aromatic N) is 2. The van der Waals surface area contributed by atoms with Crippen LogP contribution in [0.25, 0.3) is 0 Å². The maximum atomic E-state index is 11.3. The fraction of sp³-hybridized carbons (Fsp3) is 0.500. The smallest absolute Gasteiger partial charge is 0.307 e. The minimum absolute atomic E-state index is 0.0181. The van der Waals surface area contributed by atoms with Gasteiger partial charge in [-0.3, -0.25) is 14.9 Å². The van der Waals surface area contributed by atoms with E-state index in [1.165, 1.54) is 19.2 Å². The molecule has 0 heterocycles. The molecule has 21 heavy (non-hydrogen) atoms. The largest absolute Gasteiger partial charge is 0.496 e. The van der Waals surface area contributed by atoms with Crippen LogP contribution in [0.5, 0.6) is 5.75 Å². The standard InChI is InChI=1S/C14H20N2O5/c1-4-21-14(17)7-8-15(2)10-11-9-12(16(18)19)5-6-13(11)20-3/h5-6,9H,4,7-8,10H2,1-3H3. The Morgan fingerprint density at radius 3 is 2.71 bits per heavy atom. The van der Waals surface area contributed by atoms with E-state index < -0.39 is 4.92 Å². The summed E-state index contributed by atoms with van der Waals surface area (Å²) in [7, 11) is 3.35. The summed E-state index contributed by atoms with van der Waals surface area (Å²) in [6.45, 7) is 3.08. The molecule has 0 aliphatic heterocycles. The third-order valence-corrected chi connectivity index (χ3v) is 2.92. The molecule has 0 unspecified atom stereocenters. The number of methoxy groups -OCH3 is 1. The third-order valence-electron chi connectivity index (χ3n) is 2.92. The normalized spacial score (nSPS) is 10.5. The number of hydrogen-bond donors (Lipinski definition) is 0. The van der Waals surface area contributed by atoms with E-state index in [2.05, 4.69) is 0 Å². The molecule has 0 fully saturated rings. The highest BCUT2D eigenvalue weighted by Crippen LogP contribution is 2.25. The molecule has 0 bridgehead atoms. The lowest BCUT2D eigenvalue weighted by Crippen LogP contribution is -2.22. The minimum Gasteiger partial charge on any atom is -0.496 e. The Hall–Kier alpha value is -2.15. The molecule has 0 saturated heterocycles. The van der Waals surface area contributed by atoms with E-state index in [1.54, 1.807) is 13.0 Å². The number of carbonyl (C=O) groups excluding carboxylic acids is 1. The van der Waals surface area contributed by atoms with E-state index in [-0.39, 0.29) is 18.1 Å². The Morgan fingerprint density at radius 2 is 2.14 bits per heavy atom. The molecular weight excluding hydrogens is 276 g/mol. The third kappa shape index (κ3) is 5.39. The quantitative estimate of drug-likeness (QED) is 0.414. The summed E-state index contributed by atoms with van der Waals surface area (Å²) in [4.78, 5) is 23.6. The fourth-order valence-electron chi connectivity index (χ4n) is 1.89. The summed E-state index contributed by atoms with van der Waals surface area (Å²) in [5.74, 6) is 0.332. The van der Waals surface area contributed by atoms with Crippen molar-refractivity contribution in [2.45, 2.75) is 19.9 Å². The van der Waals surface area contributed by atoms with Crippen molar-refractivity contribution < 1.29 is 19.2 Å². The Bertz CT molecular complexity index is 504. The second-order valence-electron chi connectivity index (χ2n) is 4.55. The number of carbonyl (C=O) groups is 1. The summed E-state index contributed by atoms with van der Waals surface area (Å²) in [5, 5.41) is 10.8. The second kappa shape index (κ2) is 8.21. The van der Waals surface area contributed by atoms with Crippen LogP contribution in [0.2, 0.25) is 0 Å². The molecule has 0 spiro atoms. The van der Waals surface area contributed by atoms with Crippen LogP contribution in [0, 0.1) is 10.1 Å². The summed E-state index contributed by atoms with van der Waals surface area (Å²) in [6, 6.07) is 4.47. The highest BCUT2D eigenvalue weighted by molar-refractivity contribution is 5.69. The molecule has 116 valence electrons. The van der Waals surface area contributed by atoms with Crippen LogP contribution in [0.3, 0.4) is 0 Å². The average molecular weight is 296 g/mol. The highest BCUT2D eigenvalue weighted by Gasteiger charge is 2.13. The zero-order valence-electron chi connectivity index (χ0n) is 12.5. The monoisotopic (exact) mass is 296 g/mol. The van der Waals surface area contributed by atoms with Gasteiger partial charge in [-0.25, -0.2) is 0 Å². The summed E-state index contributed by atoms with van der Waals surface area (Å²) < 4.78 is 10.1. The molecule has 0 amide bonds. The van der Waals surface area contributed by atoms with Gasteiger partial charge in [0.1, 0.15) is 5.75 Å². The maximum Gasteiger partial charge on any atom is 0.307 e. The first-order chi connectivity index (χ1) is 9.97. The SMILES string of the molecule is CCOC(=O)CCN(C)Cc1cc([N+](=O)[O-])ccc1OC. The Balaban J connectivity index is 2.69. The first-order valence-electron chi connectivity index (χ1n) is 6.63. The lowest BCUT2D eigenvalue weighted by Gasteiger charge is -2.17. The number of nitro groups is 1. The summed E-state index contributed by atoms with van der Waals surface area (Å²) in [5.41, 5.74) is 0.725. The van der Waals surface area contributed by atoms with Crippen LogP contribution < -0.4 is 4.74 Å². The van der Waals surface area contributed by atoms with Gasteiger partial charge in [0, 0.05) is 30.8 Å². The lowest BCUT2D eigenvalue weighted by molar-refractivity contribution is -0.384. The summed E-state index contributed by atoms with van der Waals surface area (Å²) in [6.07, 6.45) is 0.279. The van der Waals surface area contributed by atoms with Crippen molar-refractivity contribution in [3.63, 3.8) is 0 Å². The van der Waals surface area contributed by atoms with Crippen molar-refractivity contribution >= 4 is 11.7 Å². The van der Waals surface area contributed by atoms with Gasteiger partial charge in [0.15, 0.2) is 0 Å². The fourth-order valence-corrected chi connectivity index (χ4v) is 1.89. The zero-order valence-corrected chi connectivity index (χ0v) is 12.5. The van der Waals surface area contributed by atoms with Crippen LogP contribution in [-0.2, 0) is 16.1 Å². The van der Waals surface area contributed by atoms with Crippen molar-refractivity contribution in [3.05, 3.63) is 33.9 Å². The Kier molecular flexibility index (Phi) is 6.61. The van der Waals surface area contributed by atoms with E-state index in [1.807, 2.05) is 11.9 Å². The predicted octanol–water partition coefficient (Wildman–Crippen LogP) is 1.99. The van der Waals surface area contributed by atoms with Gasteiger partial charge in [-0.2, -0.15) is 0 Å². The van der Waals surface area contributed by atoms with Crippen molar-refractivity contribution in [2.24, 2.45) is 0 Å². The van der Waals surface area contributed by atoms with E-state index in [0.29, 0.717) is 31.0 Å². The number of rotatable bonds is 8. The molecule has 1 aromatic carbocycles. The van der Waals surface area contributed by atoms with Crippen LogP contribution in [-0.4, -0.2) is 43.1 Å². The maximum absolute atomic E-state index is 11.3. The van der Waals surface area contributed by atoms with Crippen LogP contribution in [0.15, 0.2) is 18.2 Å². The van der Waals surface area contributed by atoms with Gasteiger partial charge in [0.2, 0.25) is 0 Å². The molecule has 0 saturated carbocycles. The molecule has 0 atom stereocenters.